The van der Waals surface area contributed by atoms with Gasteiger partial charge in [0.05, 0.1) is 18.3 Å². The average molecular weight is 276 g/mol. The van der Waals surface area contributed by atoms with Crippen LogP contribution in [0.4, 0.5) is 13.2 Å². The molecule has 0 aliphatic rings. The van der Waals surface area contributed by atoms with Gasteiger partial charge in [-0.2, -0.15) is 13.2 Å². The molecule has 0 fully saturated rings. The Morgan fingerprint density at radius 1 is 1.16 bits per heavy atom. The monoisotopic (exact) mass is 276 g/mol. The Bertz CT molecular complexity index is 429. The van der Waals surface area contributed by atoms with Gasteiger partial charge >= 0.3 is 6.18 Å². The molecule has 19 heavy (non-hydrogen) atoms. The van der Waals surface area contributed by atoms with Crippen molar-refractivity contribution in [3.05, 3.63) is 29.3 Å². The van der Waals surface area contributed by atoms with Crippen molar-refractivity contribution in [2.45, 2.75) is 44.9 Å². The molecule has 1 rings (SSSR count). The van der Waals surface area contributed by atoms with Crippen molar-refractivity contribution in [3.63, 3.8) is 0 Å². The zero-order chi connectivity index (χ0) is 14.7. The van der Waals surface area contributed by atoms with Crippen molar-refractivity contribution in [1.82, 2.24) is 0 Å². The number of halogens is 3. The van der Waals surface area contributed by atoms with Gasteiger partial charge in [-0.15, -0.1) is 0 Å². The van der Waals surface area contributed by atoms with E-state index in [9.17, 15) is 18.3 Å². The highest BCUT2D eigenvalue weighted by Crippen LogP contribution is 2.41. The normalized spacial score (nSPS) is 15.1. The number of benzene rings is 1. The fraction of sp³-hybridized carbons (Fsp3) is 0.571. The van der Waals surface area contributed by atoms with Gasteiger partial charge in [0.25, 0.3) is 0 Å². The van der Waals surface area contributed by atoms with Crippen molar-refractivity contribution in [2.75, 3.05) is 7.11 Å². The summed E-state index contributed by atoms with van der Waals surface area (Å²) in [7, 11) is 1.31. The maximum atomic E-state index is 13.1. The molecule has 0 saturated heterocycles. The third-order valence-corrected chi connectivity index (χ3v) is 3.28. The summed E-state index contributed by atoms with van der Waals surface area (Å²) in [6.07, 6.45) is -3.39. The molecular formula is C14H19F3O2. The molecule has 0 aliphatic carbocycles. The Hall–Kier alpha value is -1.23. The first-order valence-corrected chi connectivity index (χ1v) is 6.26. The molecule has 2 nitrogen and oxygen atoms in total. The Balaban J connectivity index is 3.41. The molecule has 1 N–H and O–H groups in total. The van der Waals surface area contributed by atoms with Gasteiger partial charge in [-0.05, 0) is 30.5 Å². The summed E-state index contributed by atoms with van der Waals surface area (Å²) in [6, 6.07) is 3.69. The van der Waals surface area contributed by atoms with Crippen molar-refractivity contribution < 1.29 is 23.0 Å². The van der Waals surface area contributed by atoms with E-state index in [0.29, 0.717) is 12.8 Å². The summed E-state index contributed by atoms with van der Waals surface area (Å²) in [6.45, 7) is 3.51. The van der Waals surface area contributed by atoms with E-state index in [0.717, 1.165) is 6.07 Å². The standard InChI is InChI=1S/C14H19F3O2/c1-4-8-13(18,5-2)11-7-6-10(19-3)9-12(11)14(15,16)17/h6-7,9,18H,4-5,8H2,1-3H3/t13-/m0/s1. The van der Waals surface area contributed by atoms with Crippen LogP contribution >= 0.6 is 0 Å². The maximum absolute atomic E-state index is 13.1. The topological polar surface area (TPSA) is 29.5 Å². The fourth-order valence-corrected chi connectivity index (χ4v) is 2.21. The van der Waals surface area contributed by atoms with E-state index in [1.54, 1.807) is 6.92 Å². The van der Waals surface area contributed by atoms with Gasteiger partial charge in [-0.25, -0.2) is 0 Å². The first-order chi connectivity index (χ1) is 8.78. The quantitative estimate of drug-likeness (QED) is 0.877. The third kappa shape index (κ3) is 3.41. The number of aliphatic hydroxyl groups is 1. The van der Waals surface area contributed by atoms with Crippen LogP contribution < -0.4 is 4.74 Å². The molecule has 0 spiro atoms. The molecule has 0 saturated carbocycles. The Morgan fingerprint density at radius 3 is 2.21 bits per heavy atom. The van der Waals surface area contributed by atoms with Crippen LogP contribution in [0, 0.1) is 0 Å². The SMILES string of the molecule is CCC[C@@](O)(CC)c1ccc(OC)cc1C(F)(F)F. The van der Waals surface area contributed by atoms with Crippen LogP contribution in [0.25, 0.3) is 0 Å². The van der Waals surface area contributed by atoms with E-state index in [1.807, 2.05) is 6.92 Å². The molecular weight excluding hydrogens is 257 g/mol. The average Bonchev–Trinajstić information content (AvgIpc) is 2.37. The first-order valence-electron chi connectivity index (χ1n) is 6.26. The Labute approximate surface area is 111 Å². The molecule has 0 heterocycles. The van der Waals surface area contributed by atoms with E-state index in [1.165, 1.54) is 19.2 Å². The maximum Gasteiger partial charge on any atom is 0.416 e. The van der Waals surface area contributed by atoms with E-state index >= 15 is 0 Å². The van der Waals surface area contributed by atoms with Gasteiger partial charge in [-0.1, -0.05) is 26.3 Å². The number of methoxy groups -OCH3 is 1. The zero-order valence-electron chi connectivity index (χ0n) is 11.3. The molecule has 5 heteroatoms. The van der Waals surface area contributed by atoms with Crippen molar-refractivity contribution in [2.24, 2.45) is 0 Å². The van der Waals surface area contributed by atoms with E-state index in [4.69, 9.17) is 4.74 Å². The molecule has 0 bridgehead atoms. The van der Waals surface area contributed by atoms with Crippen molar-refractivity contribution in [3.8, 4) is 5.75 Å². The van der Waals surface area contributed by atoms with Gasteiger partial charge in [0.1, 0.15) is 5.75 Å². The lowest BCUT2D eigenvalue weighted by atomic mass is 9.83. The number of hydrogen-bond donors (Lipinski definition) is 1. The highest BCUT2D eigenvalue weighted by Gasteiger charge is 2.40. The molecule has 1 aromatic rings. The zero-order valence-corrected chi connectivity index (χ0v) is 11.3. The van der Waals surface area contributed by atoms with Crippen LogP contribution in [0.1, 0.15) is 44.2 Å². The predicted molar refractivity (Wildman–Crippen MR) is 67.1 cm³/mol. The van der Waals surface area contributed by atoms with E-state index in [-0.39, 0.29) is 17.7 Å². The van der Waals surface area contributed by atoms with Crippen LogP contribution in [0.5, 0.6) is 5.75 Å². The summed E-state index contributed by atoms with van der Waals surface area (Å²) in [5.74, 6) is 0.131. The van der Waals surface area contributed by atoms with E-state index in [2.05, 4.69) is 0 Å². The first kappa shape index (κ1) is 15.8. The van der Waals surface area contributed by atoms with Gasteiger partial charge in [0.2, 0.25) is 0 Å². The molecule has 0 aromatic heterocycles. The lowest BCUT2D eigenvalue weighted by Crippen LogP contribution is -2.28. The second kappa shape index (κ2) is 5.82. The van der Waals surface area contributed by atoms with Crippen LogP contribution in [-0.2, 0) is 11.8 Å². The Kier molecular flexibility index (Phi) is 4.85. The molecule has 108 valence electrons. The van der Waals surface area contributed by atoms with Crippen LogP contribution in [0.15, 0.2) is 18.2 Å². The summed E-state index contributed by atoms with van der Waals surface area (Å²) >= 11 is 0. The van der Waals surface area contributed by atoms with Crippen molar-refractivity contribution in [1.29, 1.82) is 0 Å². The molecule has 0 radical (unpaired) electrons. The van der Waals surface area contributed by atoms with Crippen LogP contribution in [-0.4, -0.2) is 12.2 Å². The summed E-state index contributed by atoms with van der Waals surface area (Å²) < 4.78 is 44.1. The molecule has 0 unspecified atom stereocenters. The smallest absolute Gasteiger partial charge is 0.416 e. The number of rotatable bonds is 5. The van der Waals surface area contributed by atoms with Gasteiger partial charge in [0, 0.05) is 0 Å². The number of hydrogen-bond acceptors (Lipinski definition) is 2. The van der Waals surface area contributed by atoms with Crippen molar-refractivity contribution >= 4 is 0 Å². The summed E-state index contributed by atoms with van der Waals surface area (Å²) in [5.41, 5.74) is -2.36. The fourth-order valence-electron chi connectivity index (χ4n) is 2.21. The summed E-state index contributed by atoms with van der Waals surface area (Å²) in [5, 5.41) is 10.5. The van der Waals surface area contributed by atoms with Gasteiger partial charge in [-0.3, -0.25) is 0 Å². The van der Waals surface area contributed by atoms with Gasteiger partial charge < -0.3 is 9.84 Å². The predicted octanol–water partition coefficient (Wildman–Crippen LogP) is 4.11. The highest BCUT2D eigenvalue weighted by atomic mass is 19.4. The van der Waals surface area contributed by atoms with Crippen LogP contribution in [0.2, 0.25) is 0 Å². The largest absolute Gasteiger partial charge is 0.497 e. The molecule has 1 atom stereocenters. The molecule has 1 aromatic carbocycles. The summed E-state index contributed by atoms with van der Waals surface area (Å²) in [4.78, 5) is 0. The van der Waals surface area contributed by atoms with Gasteiger partial charge in [0.15, 0.2) is 0 Å². The molecule has 0 aliphatic heterocycles. The lowest BCUT2D eigenvalue weighted by molar-refractivity contribution is -0.141. The number of ether oxygens (including phenoxy) is 1. The third-order valence-electron chi connectivity index (χ3n) is 3.28. The van der Waals surface area contributed by atoms with Crippen LogP contribution in [0.3, 0.4) is 0 Å². The lowest BCUT2D eigenvalue weighted by Gasteiger charge is -2.30. The highest BCUT2D eigenvalue weighted by molar-refractivity contribution is 5.40. The molecule has 0 amide bonds. The minimum atomic E-state index is -4.51. The Morgan fingerprint density at radius 2 is 1.79 bits per heavy atom. The minimum absolute atomic E-state index is 0.0786. The second-order valence-corrected chi connectivity index (χ2v) is 4.54. The second-order valence-electron chi connectivity index (χ2n) is 4.54. The minimum Gasteiger partial charge on any atom is -0.497 e. The van der Waals surface area contributed by atoms with E-state index < -0.39 is 17.3 Å². The number of alkyl halides is 3.